The van der Waals surface area contributed by atoms with E-state index in [0.29, 0.717) is 11.5 Å². The lowest BCUT2D eigenvalue weighted by atomic mass is 10.1. The summed E-state index contributed by atoms with van der Waals surface area (Å²) < 4.78 is 43.1. The maximum Gasteiger partial charge on any atom is 0.416 e. The molecule has 1 fully saturated rings. The SMILES string of the molecule is FC(F)(F)c1ccc(C2=NC3CNCCC3O2)cc1. The number of halogens is 3. The van der Waals surface area contributed by atoms with Crippen LogP contribution in [0.4, 0.5) is 13.2 Å². The maximum atomic E-state index is 12.5. The number of ether oxygens (including phenoxy) is 1. The molecule has 0 radical (unpaired) electrons. The smallest absolute Gasteiger partial charge is 0.416 e. The van der Waals surface area contributed by atoms with Gasteiger partial charge in [-0.1, -0.05) is 0 Å². The van der Waals surface area contributed by atoms with E-state index in [2.05, 4.69) is 10.3 Å². The fraction of sp³-hybridized carbons (Fsp3) is 0.462. The molecule has 1 aromatic carbocycles. The maximum absolute atomic E-state index is 12.5. The molecule has 102 valence electrons. The summed E-state index contributed by atoms with van der Waals surface area (Å²) in [6.07, 6.45) is -3.38. The lowest BCUT2D eigenvalue weighted by Gasteiger charge is -2.23. The summed E-state index contributed by atoms with van der Waals surface area (Å²) in [6, 6.07) is 5.01. The Hall–Kier alpha value is -1.56. The van der Waals surface area contributed by atoms with Gasteiger partial charge in [-0.25, -0.2) is 4.99 Å². The first-order chi connectivity index (χ1) is 9.04. The van der Waals surface area contributed by atoms with E-state index in [4.69, 9.17) is 4.74 Å². The predicted molar refractivity (Wildman–Crippen MR) is 64.1 cm³/mol. The van der Waals surface area contributed by atoms with Crippen LogP contribution in [0.3, 0.4) is 0 Å². The second kappa shape index (κ2) is 4.52. The number of alkyl halides is 3. The largest absolute Gasteiger partial charge is 0.472 e. The summed E-state index contributed by atoms with van der Waals surface area (Å²) in [5.74, 6) is 0.451. The molecule has 0 bridgehead atoms. The molecule has 2 unspecified atom stereocenters. The van der Waals surface area contributed by atoms with E-state index >= 15 is 0 Å². The highest BCUT2D eigenvalue weighted by Crippen LogP contribution is 2.30. The van der Waals surface area contributed by atoms with E-state index in [9.17, 15) is 13.2 Å². The fourth-order valence-electron chi connectivity index (χ4n) is 2.35. The molecule has 6 heteroatoms. The Labute approximate surface area is 108 Å². The summed E-state index contributed by atoms with van der Waals surface area (Å²) in [6.45, 7) is 1.64. The van der Waals surface area contributed by atoms with E-state index in [-0.39, 0.29) is 12.1 Å². The number of benzene rings is 1. The van der Waals surface area contributed by atoms with Gasteiger partial charge in [0, 0.05) is 12.1 Å². The van der Waals surface area contributed by atoms with Crippen molar-refractivity contribution in [3.63, 3.8) is 0 Å². The molecule has 0 spiro atoms. The molecule has 3 rings (SSSR count). The van der Waals surface area contributed by atoms with Crippen molar-refractivity contribution in [2.75, 3.05) is 13.1 Å². The molecule has 2 aliphatic rings. The van der Waals surface area contributed by atoms with Crippen LogP contribution in [0.2, 0.25) is 0 Å². The van der Waals surface area contributed by atoms with Crippen LogP contribution in [0.1, 0.15) is 17.5 Å². The van der Waals surface area contributed by atoms with Crippen LogP contribution in [0.15, 0.2) is 29.3 Å². The monoisotopic (exact) mass is 270 g/mol. The Morgan fingerprint density at radius 1 is 1.21 bits per heavy atom. The van der Waals surface area contributed by atoms with Gasteiger partial charge in [0.25, 0.3) is 0 Å². The average molecular weight is 270 g/mol. The molecule has 2 atom stereocenters. The zero-order valence-corrected chi connectivity index (χ0v) is 10.1. The molecule has 0 aromatic heterocycles. The number of piperidine rings is 1. The highest BCUT2D eigenvalue weighted by atomic mass is 19.4. The summed E-state index contributed by atoms with van der Waals surface area (Å²) in [5.41, 5.74) is -0.0590. The first kappa shape index (κ1) is 12.5. The Kier molecular flexibility index (Phi) is 2.97. The normalized spacial score (nSPS) is 26.6. The Morgan fingerprint density at radius 3 is 2.58 bits per heavy atom. The lowest BCUT2D eigenvalue weighted by molar-refractivity contribution is -0.137. The summed E-state index contributed by atoms with van der Waals surface area (Å²) in [4.78, 5) is 4.42. The van der Waals surface area contributed by atoms with E-state index in [0.717, 1.165) is 31.6 Å². The Morgan fingerprint density at radius 2 is 1.95 bits per heavy atom. The number of hydrogen-bond donors (Lipinski definition) is 1. The van der Waals surface area contributed by atoms with Gasteiger partial charge in [-0.2, -0.15) is 13.2 Å². The Bertz CT molecular complexity index is 496. The third kappa shape index (κ3) is 2.45. The van der Waals surface area contributed by atoms with Crippen LogP contribution >= 0.6 is 0 Å². The van der Waals surface area contributed by atoms with Crippen molar-refractivity contribution < 1.29 is 17.9 Å². The number of fused-ring (bicyclic) bond motifs is 1. The fourth-order valence-corrected chi connectivity index (χ4v) is 2.35. The average Bonchev–Trinajstić information content (AvgIpc) is 2.81. The van der Waals surface area contributed by atoms with Gasteiger partial charge in [-0.3, -0.25) is 0 Å². The van der Waals surface area contributed by atoms with Gasteiger partial charge in [-0.15, -0.1) is 0 Å². The number of nitrogens with zero attached hydrogens (tertiary/aromatic N) is 1. The van der Waals surface area contributed by atoms with Crippen LogP contribution in [0.25, 0.3) is 0 Å². The van der Waals surface area contributed by atoms with Crippen molar-refractivity contribution in [3.8, 4) is 0 Å². The molecule has 3 nitrogen and oxygen atoms in total. The third-order valence-electron chi connectivity index (χ3n) is 3.39. The van der Waals surface area contributed by atoms with Crippen LogP contribution in [0, 0.1) is 0 Å². The minimum absolute atomic E-state index is 0.0542. The zero-order valence-electron chi connectivity index (χ0n) is 10.1. The minimum Gasteiger partial charge on any atom is -0.472 e. The quantitative estimate of drug-likeness (QED) is 0.849. The van der Waals surface area contributed by atoms with Gasteiger partial charge < -0.3 is 10.1 Å². The molecule has 0 aliphatic carbocycles. The second-order valence-corrected chi connectivity index (χ2v) is 4.73. The Balaban J connectivity index is 1.80. The molecule has 2 heterocycles. The molecule has 0 saturated carbocycles. The molecule has 1 saturated heterocycles. The molecule has 1 N–H and O–H groups in total. The number of aliphatic imine (C=N–C) groups is 1. The first-order valence-corrected chi connectivity index (χ1v) is 6.17. The van der Waals surface area contributed by atoms with E-state index in [1.807, 2.05) is 0 Å². The van der Waals surface area contributed by atoms with E-state index < -0.39 is 11.7 Å². The van der Waals surface area contributed by atoms with Crippen molar-refractivity contribution in [1.29, 1.82) is 0 Å². The van der Waals surface area contributed by atoms with Crippen molar-refractivity contribution >= 4 is 5.90 Å². The molecule has 2 aliphatic heterocycles. The van der Waals surface area contributed by atoms with Crippen molar-refractivity contribution in [2.24, 2.45) is 4.99 Å². The highest BCUT2D eigenvalue weighted by Gasteiger charge is 2.34. The van der Waals surface area contributed by atoms with Crippen molar-refractivity contribution in [1.82, 2.24) is 5.32 Å². The molecule has 1 aromatic rings. The van der Waals surface area contributed by atoms with Crippen LogP contribution < -0.4 is 5.32 Å². The van der Waals surface area contributed by atoms with Gasteiger partial charge in [-0.05, 0) is 37.2 Å². The standard InChI is InChI=1S/C13H13F3N2O/c14-13(15,16)9-3-1-8(2-4-9)12-18-10-7-17-6-5-11(10)19-12/h1-4,10-11,17H,5-7H2. The number of rotatable bonds is 1. The number of nitrogens with one attached hydrogen (secondary N) is 1. The molecule has 19 heavy (non-hydrogen) atoms. The predicted octanol–water partition coefficient (Wildman–Crippen LogP) is 2.21. The van der Waals surface area contributed by atoms with Gasteiger partial charge in [0.2, 0.25) is 5.90 Å². The molecular formula is C13H13F3N2O. The van der Waals surface area contributed by atoms with Crippen LogP contribution in [-0.4, -0.2) is 31.1 Å². The summed E-state index contributed by atoms with van der Waals surface area (Å²) in [7, 11) is 0. The molecule has 0 amide bonds. The lowest BCUT2D eigenvalue weighted by Crippen LogP contribution is -2.41. The van der Waals surface area contributed by atoms with Crippen molar-refractivity contribution in [2.45, 2.75) is 24.7 Å². The third-order valence-corrected chi connectivity index (χ3v) is 3.39. The molecular weight excluding hydrogens is 257 g/mol. The first-order valence-electron chi connectivity index (χ1n) is 6.17. The van der Waals surface area contributed by atoms with Gasteiger partial charge in [0.15, 0.2) is 0 Å². The van der Waals surface area contributed by atoms with Crippen molar-refractivity contribution in [3.05, 3.63) is 35.4 Å². The van der Waals surface area contributed by atoms with Gasteiger partial charge in [0.05, 0.1) is 5.56 Å². The second-order valence-electron chi connectivity index (χ2n) is 4.73. The van der Waals surface area contributed by atoms with Gasteiger partial charge in [0.1, 0.15) is 12.1 Å². The van der Waals surface area contributed by atoms with E-state index in [1.165, 1.54) is 12.1 Å². The summed E-state index contributed by atoms with van der Waals surface area (Å²) >= 11 is 0. The number of hydrogen-bond acceptors (Lipinski definition) is 3. The van der Waals surface area contributed by atoms with Gasteiger partial charge >= 0.3 is 6.18 Å². The highest BCUT2D eigenvalue weighted by molar-refractivity contribution is 5.95. The topological polar surface area (TPSA) is 33.6 Å². The minimum atomic E-state index is -4.31. The summed E-state index contributed by atoms with van der Waals surface area (Å²) in [5, 5.41) is 3.22. The zero-order chi connectivity index (χ0) is 13.5. The van der Waals surface area contributed by atoms with E-state index in [1.54, 1.807) is 0 Å². The van der Waals surface area contributed by atoms with Crippen LogP contribution in [-0.2, 0) is 10.9 Å². The van der Waals surface area contributed by atoms with Crippen LogP contribution in [0.5, 0.6) is 0 Å².